The first-order chi connectivity index (χ1) is 13.1. The Labute approximate surface area is 159 Å². The van der Waals surface area contributed by atoms with Gasteiger partial charge in [-0.05, 0) is 36.8 Å². The predicted octanol–water partition coefficient (Wildman–Crippen LogP) is 2.46. The molecule has 6 nitrogen and oxygen atoms in total. The fourth-order valence-electron chi connectivity index (χ4n) is 3.20. The van der Waals surface area contributed by atoms with Crippen molar-refractivity contribution in [3.8, 4) is 17.3 Å². The number of nitrogens with zero attached hydrogens (tertiary/aromatic N) is 3. The number of aromatic nitrogens is 1. The Morgan fingerprint density at radius 1 is 1.36 bits per heavy atom. The molecule has 1 aromatic heterocycles. The molecule has 2 aromatic rings. The van der Waals surface area contributed by atoms with Gasteiger partial charge in [0.2, 0.25) is 10.0 Å². The Balaban J connectivity index is 1.99. The lowest BCUT2D eigenvalue weighted by molar-refractivity contribution is 0.0161. The van der Waals surface area contributed by atoms with E-state index in [-0.39, 0.29) is 10.6 Å². The van der Waals surface area contributed by atoms with E-state index < -0.39 is 53.1 Å². The quantitative estimate of drug-likeness (QED) is 0.834. The molecule has 28 heavy (non-hydrogen) atoms. The van der Waals surface area contributed by atoms with Crippen molar-refractivity contribution in [1.29, 1.82) is 5.26 Å². The molecule has 10 heteroatoms. The first-order valence-electron chi connectivity index (χ1n) is 8.27. The van der Waals surface area contributed by atoms with E-state index in [1.54, 1.807) is 13.0 Å². The summed E-state index contributed by atoms with van der Waals surface area (Å²) in [5, 5.41) is 18.2. The lowest BCUT2D eigenvalue weighted by Crippen LogP contribution is -2.38. The Kier molecular flexibility index (Phi) is 5.18. The third kappa shape index (κ3) is 3.61. The second-order valence-electron chi connectivity index (χ2n) is 6.56. The summed E-state index contributed by atoms with van der Waals surface area (Å²) in [7, 11) is -4.25. The van der Waals surface area contributed by atoms with Crippen LogP contribution in [-0.2, 0) is 10.0 Å². The van der Waals surface area contributed by atoms with Crippen LogP contribution in [0.4, 0.5) is 13.2 Å². The van der Waals surface area contributed by atoms with Crippen LogP contribution in [0.15, 0.2) is 35.2 Å². The number of pyridine rings is 1. The summed E-state index contributed by atoms with van der Waals surface area (Å²) in [5.74, 6) is -3.98. The van der Waals surface area contributed by atoms with E-state index in [1.807, 2.05) is 0 Å². The van der Waals surface area contributed by atoms with E-state index >= 15 is 0 Å². The van der Waals surface area contributed by atoms with Crippen molar-refractivity contribution < 1.29 is 26.7 Å². The van der Waals surface area contributed by atoms with Crippen LogP contribution >= 0.6 is 0 Å². The molecule has 1 N–H and O–H groups in total. The number of nitriles is 1. The highest BCUT2D eigenvalue weighted by Crippen LogP contribution is 2.36. The number of benzene rings is 1. The van der Waals surface area contributed by atoms with Crippen molar-refractivity contribution in [3.05, 3.63) is 47.4 Å². The van der Waals surface area contributed by atoms with Crippen LogP contribution in [0, 0.1) is 24.1 Å². The van der Waals surface area contributed by atoms with Gasteiger partial charge in [-0.3, -0.25) is 0 Å². The first kappa shape index (κ1) is 20.3. The van der Waals surface area contributed by atoms with Crippen LogP contribution in [0.3, 0.4) is 0 Å². The second-order valence-corrected chi connectivity index (χ2v) is 8.45. The fraction of sp³-hybridized carbons (Fsp3) is 0.333. The Morgan fingerprint density at radius 3 is 2.68 bits per heavy atom. The highest BCUT2D eigenvalue weighted by Gasteiger charge is 2.49. The molecule has 0 bridgehead atoms. The van der Waals surface area contributed by atoms with Crippen LogP contribution in [0.1, 0.15) is 17.7 Å². The number of aliphatic hydroxyl groups excluding tert-OH is 1. The van der Waals surface area contributed by atoms with Crippen molar-refractivity contribution in [2.45, 2.75) is 30.2 Å². The van der Waals surface area contributed by atoms with Gasteiger partial charge in [0.25, 0.3) is 5.92 Å². The first-order valence-corrected chi connectivity index (χ1v) is 9.71. The molecule has 0 aliphatic carbocycles. The van der Waals surface area contributed by atoms with Crippen LogP contribution in [0.25, 0.3) is 11.3 Å². The van der Waals surface area contributed by atoms with Gasteiger partial charge >= 0.3 is 0 Å². The van der Waals surface area contributed by atoms with Crippen molar-refractivity contribution in [2.75, 3.05) is 13.2 Å². The van der Waals surface area contributed by atoms with Gasteiger partial charge in [-0.25, -0.2) is 26.6 Å². The smallest absolute Gasteiger partial charge is 0.263 e. The van der Waals surface area contributed by atoms with E-state index in [0.29, 0.717) is 15.4 Å². The number of hydrogen-bond donors (Lipinski definition) is 1. The number of rotatable bonds is 4. The molecule has 1 aliphatic rings. The summed E-state index contributed by atoms with van der Waals surface area (Å²) in [6.45, 7) is -0.109. The number of sulfonamides is 1. The largest absolute Gasteiger partial charge is 0.395 e. The van der Waals surface area contributed by atoms with Crippen LogP contribution in [0.5, 0.6) is 0 Å². The average molecular weight is 411 g/mol. The summed E-state index contributed by atoms with van der Waals surface area (Å²) in [6, 6.07) is 6.84. The number of halogens is 3. The average Bonchev–Trinajstić information content (AvgIpc) is 2.98. The molecule has 1 aliphatic heterocycles. The SMILES string of the molecule is Cc1cc(S(=O)(=O)N2CC(F)(F)C[C@H]2CO)ccc1-c1ccc(F)c(C#N)n1. The minimum absolute atomic E-state index is 0.201. The summed E-state index contributed by atoms with van der Waals surface area (Å²) in [5.41, 5.74) is 0.815. The molecule has 0 saturated carbocycles. The normalized spacial score (nSPS) is 19.5. The molecule has 0 spiro atoms. The highest BCUT2D eigenvalue weighted by molar-refractivity contribution is 7.89. The molecule has 3 rings (SSSR count). The lowest BCUT2D eigenvalue weighted by atomic mass is 10.1. The highest BCUT2D eigenvalue weighted by atomic mass is 32.2. The summed E-state index contributed by atoms with van der Waals surface area (Å²) in [4.78, 5) is 3.71. The van der Waals surface area contributed by atoms with Gasteiger partial charge in [0.05, 0.1) is 29.8 Å². The Morgan fingerprint density at radius 2 is 2.07 bits per heavy atom. The van der Waals surface area contributed by atoms with E-state index in [0.717, 1.165) is 6.07 Å². The fourth-order valence-corrected chi connectivity index (χ4v) is 4.92. The van der Waals surface area contributed by atoms with Crippen LogP contribution < -0.4 is 0 Å². The van der Waals surface area contributed by atoms with E-state index in [4.69, 9.17) is 5.26 Å². The van der Waals surface area contributed by atoms with Crippen molar-refractivity contribution in [2.24, 2.45) is 0 Å². The standard InChI is InChI=1S/C18H16F3N3O3S/c1-11-6-13(28(26,27)24-10-18(20,21)7-12(24)9-25)2-3-14(11)16-5-4-15(19)17(8-22)23-16/h2-6,12,25H,7,9-10H2,1H3/t12-/m0/s1. The van der Waals surface area contributed by atoms with Gasteiger partial charge in [-0.1, -0.05) is 6.07 Å². The van der Waals surface area contributed by atoms with Crippen molar-refractivity contribution in [1.82, 2.24) is 9.29 Å². The van der Waals surface area contributed by atoms with E-state index in [9.17, 15) is 26.7 Å². The van der Waals surface area contributed by atoms with E-state index in [1.165, 1.54) is 24.3 Å². The maximum absolute atomic E-state index is 13.7. The molecule has 0 unspecified atom stereocenters. The van der Waals surface area contributed by atoms with Gasteiger partial charge in [-0.2, -0.15) is 9.57 Å². The zero-order chi connectivity index (χ0) is 20.7. The lowest BCUT2D eigenvalue weighted by Gasteiger charge is -2.22. The zero-order valence-corrected chi connectivity index (χ0v) is 15.5. The van der Waals surface area contributed by atoms with Crippen molar-refractivity contribution >= 4 is 10.0 Å². The molecular weight excluding hydrogens is 395 g/mol. The number of aryl methyl sites for hydroxylation is 1. The molecular formula is C18H16F3N3O3S. The zero-order valence-electron chi connectivity index (χ0n) is 14.7. The molecule has 1 fully saturated rings. The van der Waals surface area contributed by atoms with E-state index in [2.05, 4.69) is 4.98 Å². The van der Waals surface area contributed by atoms with Gasteiger partial charge in [0.1, 0.15) is 6.07 Å². The third-order valence-corrected chi connectivity index (χ3v) is 6.47. The summed E-state index contributed by atoms with van der Waals surface area (Å²) >= 11 is 0. The minimum atomic E-state index is -4.25. The van der Waals surface area contributed by atoms with Gasteiger partial charge < -0.3 is 5.11 Å². The second kappa shape index (κ2) is 7.16. The molecule has 0 amide bonds. The minimum Gasteiger partial charge on any atom is -0.395 e. The maximum Gasteiger partial charge on any atom is 0.263 e. The molecule has 0 radical (unpaired) electrons. The van der Waals surface area contributed by atoms with Gasteiger partial charge in [0, 0.05) is 12.0 Å². The predicted molar refractivity (Wildman–Crippen MR) is 93.4 cm³/mol. The molecule has 1 atom stereocenters. The molecule has 148 valence electrons. The maximum atomic E-state index is 13.7. The number of hydrogen-bond acceptors (Lipinski definition) is 5. The number of aliphatic hydroxyl groups is 1. The van der Waals surface area contributed by atoms with Gasteiger partial charge in [0.15, 0.2) is 11.5 Å². The van der Waals surface area contributed by atoms with Crippen molar-refractivity contribution in [3.63, 3.8) is 0 Å². The third-order valence-electron chi connectivity index (χ3n) is 4.57. The van der Waals surface area contributed by atoms with Crippen LogP contribution in [0.2, 0.25) is 0 Å². The Bertz CT molecular complexity index is 1070. The van der Waals surface area contributed by atoms with Crippen LogP contribution in [-0.4, -0.2) is 47.9 Å². The number of alkyl halides is 2. The molecule has 1 saturated heterocycles. The topological polar surface area (TPSA) is 94.3 Å². The summed E-state index contributed by atoms with van der Waals surface area (Å²) in [6.07, 6.45) is -0.740. The Hall–Kier alpha value is -2.48. The monoisotopic (exact) mass is 411 g/mol. The van der Waals surface area contributed by atoms with Gasteiger partial charge in [-0.15, -0.1) is 0 Å². The molecule has 1 aromatic carbocycles. The molecule has 2 heterocycles. The summed E-state index contributed by atoms with van der Waals surface area (Å²) < 4.78 is 67.0.